The molecule has 9 heteroatoms. The molecule has 1 saturated heterocycles. The average molecular weight is 429 g/mol. The molecule has 2 amide bonds. The monoisotopic (exact) mass is 429 g/mol. The van der Waals surface area contributed by atoms with Crippen molar-refractivity contribution in [3.05, 3.63) is 48.5 Å². The average Bonchev–Trinajstić information content (AvgIpc) is 2.77. The van der Waals surface area contributed by atoms with Crippen LogP contribution in [-0.2, 0) is 19.6 Å². The van der Waals surface area contributed by atoms with Gasteiger partial charge in [-0.2, -0.15) is 0 Å². The second kappa shape index (κ2) is 7.98. The standard InChI is InChI=1S/C21H23N3O5S/c1-2-29-21(26)23-13-11-22(12-14-23)20(25)15-24-18-9-5-3-7-16(18)17-8-4-6-10-19(17)30(24,27)28/h3-10H,2,11-15H2,1H3. The number of carbonyl (C=O) groups excluding carboxylic acids is 2. The highest BCUT2D eigenvalue weighted by molar-refractivity contribution is 7.93. The van der Waals surface area contributed by atoms with E-state index in [4.69, 9.17) is 4.74 Å². The zero-order chi connectivity index (χ0) is 21.3. The maximum Gasteiger partial charge on any atom is 0.409 e. The number of fused-ring (bicyclic) bond motifs is 3. The lowest BCUT2D eigenvalue weighted by Gasteiger charge is -2.36. The number of hydrogen-bond acceptors (Lipinski definition) is 5. The highest BCUT2D eigenvalue weighted by Gasteiger charge is 2.37. The van der Waals surface area contributed by atoms with Gasteiger partial charge in [0.15, 0.2) is 0 Å². The molecule has 2 aliphatic heterocycles. The molecule has 2 heterocycles. The molecule has 1 fully saturated rings. The van der Waals surface area contributed by atoms with Crippen molar-refractivity contribution in [3.8, 4) is 11.1 Å². The number of nitrogens with zero attached hydrogens (tertiary/aromatic N) is 3. The smallest absolute Gasteiger partial charge is 0.409 e. The zero-order valence-corrected chi connectivity index (χ0v) is 17.5. The van der Waals surface area contributed by atoms with Gasteiger partial charge in [0, 0.05) is 37.3 Å². The van der Waals surface area contributed by atoms with Gasteiger partial charge in [-0.05, 0) is 19.1 Å². The summed E-state index contributed by atoms with van der Waals surface area (Å²) in [4.78, 5) is 28.1. The first-order valence-corrected chi connectivity index (χ1v) is 11.3. The molecule has 0 N–H and O–H groups in total. The Morgan fingerprint density at radius 3 is 2.20 bits per heavy atom. The first kappa shape index (κ1) is 20.2. The maximum atomic E-state index is 13.3. The van der Waals surface area contributed by atoms with E-state index < -0.39 is 16.1 Å². The molecule has 2 aromatic rings. The van der Waals surface area contributed by atoms with E-state index in [1.807, 2.05) is 12.1 Å². The second-order valence-corrected chi connectivity index (χ2v) is 8.92. The number of anilines is 1. The number of ether oxygens (including phenoxy) is 1. The number of carbonyl (C=O) groups is 2. The van der Waals surface area contributed by atoms with Crippen LogP contribution < -0.4 is 4.31 Å². The van der Waals surface area contributed by atoms with E-state index in [-0.39, 0.29) is 17.3 Å². The predicted molar refractivity (Wildman–Crippen MR) is 112 cm³/mol. The van der Waals surface area contributed by atoms with Crippen LogP contribution in [0.15, 0.2) is 53.4 Å². The summed E-state index contributed by atoms with van der Waals surface area (Å²) < 4.78 is 32.7. The van der Waals surface area contributed by atoms with Crippen LogP contribution >= 0.6 is 0 Å². The van der Waals surface area contributed by atoms with Crippen molar-refractivity contribution in [3.63, 3.8) is 0 Å². The molecule has 0 aliphatic carbocycles. The molecule has 0 aromatic heterocycles. The van der Waals surface area contributed by atoms with Gasteiger partial charge in [0.2, 0.25) is 5.91 Å². The van der Waals surface area contributed by atoms with E-state index >= 15 is 0 Å². The number of hydrogen-bond donors (Lipinski definition) is 0. The fourth-order valence-electron chi connectivity index (χ4n) is 3.83. The summed E-state index contributed by atoms with van der Waals surface area (Å²) in [5.41, 5.74) is 1.91. The highest BCUT2D eigenvalue weighted by Crippen LogP contribution is 2.42. The van der Waals surface area contributed by atoms with E-state index in [2.05, 4.69) is 0 Å². The first-order chi connectivity index (χ1) is 14.4. The van der Waals surface area contributed by atoms with Crippen molar-refractivity contribution in [2.75, 3.05) is 43.6 Å². The number of amides is 2. The molecule has 8 nitrogen and oxygen atoms in total. The Hall–Kier alpha value is -3.07. The summed E-state index contributed by atoms with van der Waals surface area (Å²) in [5.74, 6) is -0.295. The van der Waals surface area contributed by atoms with Gasteiger partial charge in [-0.3, -0.25) is 9.10 Å². The minimum Gasteiger partial charge on any atom is -0.450 e. The molecule has 30 heavy (non-hydrogen) atoms. The van der Waals surface area contributed by atoms with Crippen LogP contribution in [0.4, 0.5) is 10.5 Å². The van der Waals surface area contributed by atoms with E-state index in [0.717, 1.165) is 5.56 Å². The van der Waals surface area contributed by atoms with E-state index in [1.54, 1.807) is 53.1 Å². The highest BCUT2D eigenvalue weighted by atomic mass is 32.2. The lowest BCUT2D eigenvalue weighted by atomic mass is 10.0. The fourth-order valence-corrected chi connectivity index (χ4v) is 5.47. The van der Waals surface area contributed by atoms with Crippen LogP contribution in [-0.4, -0.2) is 69.5 Å². The molecule has 0 unspecified atom stereocenters. The number of para-hydroxylation sites is 1. The fraction of sp³-hybridized carbons (Fsp3) is 0.333. The molecule has 0 atom stereocenters. The Balaban J connectivity index is 1.55. The number of piperazine rings is 1. The lowest BCUT2D eigenvalue weighted by Crippen LogP contribution is -2.53. The Bertz CT molecular complexity index is 1080. The summed E-state index contributed by atoms with van der Waals surface area (Å²) in [7, 11) is -3.86. The van der Waals surface area contributed by atoms with Gasteiger partial charge in [0.25, 0.3) is 10.0 Å². The molecule has 4 rings (SSSR count). The third-order valence-corrected chi connectivity index (χ3v) is 7.17. The van der Waals surface area contributed by atoms with Crippen molar-refractivity contribution in [2.24, 2.45) is 0 Å². The van der Waals surface area contributed by atoms with E-state index in [0.29, 0.717) is 44.0 Å². The van der Waals surface area contributed by atoms with Crippen LogP contribution in [0.1, 0.15) is 6.92 Å². The Morgan fingerprint density at radius 2 is 1.50 bits per heavy atom. The van der Waals surface area contributed by atoms with Crippen molar-refractivity contribution < 1.29 is 22.7 Å². The van der Waals surface area contributed by atoms with Gasteiger partial charge in [-0.15, -0.1) is 0 Å². The summed E-state index contributed by atoms with van der Waals surface area (Å²) in [6.45, 7) is 3.15. The van der Waals surface area contributed by atoms with Gasteiger partial charge in [0.05, 0.1) is 17.2 Å². The SMILES string of the molecule is CCOC(=O)N1CCN(C(=O)CN2c3ccccc3-c3ccccc3S2(=O)=O)CC1. The maximum absolute atomic E-state index is 13.3. The molecular weight excluding hydrogens is 406 g/mol. The van der Waals surface area contributed by atoms with Crippen molar-refractivity contribution >= 4 is 27.7 Å². The van der Waals surface area contributed by atoms with E-state index in [1.165, 1.54) is 4.31 Å². The first-order valence-electron chi connectivity index (χ1n) is 9.84. The van der Waals surface area contributed by atoms with Crippen LogP contribution in [0.3, 0.4) is 0 Å². The topological polar surface area (TPSA) is 87.2 Å². The van der Waals surface area contributed by atoms with Crippen molar-refractivity contribution in [1.82, 2.24) is 9.80 Å². The number of rotatable bonds is 3. The third kappa shape index (κ3) is 3.49. The van der Waals surface area contributed by atoms with Crippen LogP contribution in [0.2, 0.25) is 0 Å². The molecule has 0 bridgehead atoms. The largest absolute Gasteiger partial charge is 0.450 e. The van der Waals surface area contributed by atoms with Crippen LogP contribution in [0, 0.1) is 0 Å². The predicted octanol–water partition coefficient (Wildman–Crippen LogP) is 2.16. The summed E-state index contributed by atoms with van der Waals surface area (Å²) >= 11 is 0. The lowest BCUT2D eigenvalue weighted by molar-refractivity contribution is -0.131. The van der Waals surface area contributed by atoms with Gasteiger partial charge in [-0.1, -0.05) is 36.4 Å². The zero-order valence-electron chi connectivity index (χ0n) is 16.7. The van der Waals surface area contributed by atoms with Gasteiger partial charge in [-0.25, -0.2) is 13.2 Å². The number of sulfonamides is 1. The molecule has 0 spiro atoms. The molecule has 2 aromatic carbocycles. The summed E-state index contributed by atoms with van der Waals surface area (Å²) in [6.07, 6.45) is -0.395. The Morgan fingerprint density at radius 1 is 0.900 bits per heavy atom. The minimum absolute atomic E-state index is 0.198. The van der Waals surface area contributed by atoms with Gasteiger partial charge < -0.3 is 14.5 Å². The quantitative estimate of drug-likeness (QED) is 0.746. The summed E-state index contributed by atoms with van der Waals surface area (Å²) in [5, 5.41) is 0. The normalized spacial score (nSPS) is 17.2. The Kier molecular flexibility index (Phi) is 5.38. The molecular formula is C21H23N3O5S. The van der Waals surface area contributed by atoms with Gasteiger partial charge in [0.1, 0.15) is 6.54 Å². The third-order valence-electron chi connectivity index (χ3n) is 5.36. The molecule has 2 aliphatic rings. The van der Waals surface area contributed by atoms with Crippen molar-refractivity contribution in [2.45, 2.75) is 11.8 Å². The summed E-state index contributed by atoms with van der Waals surface area (Å²) in [6, 6.07) is 14.0. The molecule has 0 radical (unpaired) electrons. The van der Waals surface area contributed by atoms with Crippen LogP contribution in [0.5, 0.6) is 0 Å². The second-order valence-electron chi connectivity index (χ2n) is 7.09. The van der Waals surface area contributed by atoms with Crippen molar-refractivity contribution in [1.29, 1.82) is 0 Å². The van der Waals surface area contributed by atoms with E-state index in [9.17, 15) is 18.0 Å². The van der Waals surface area contributed by atoms with Crippen LogP contribution in [0.25, 0.3) is 11.1 Å². The minimum atomic E-state index is -3.86. The molecule has 158 valence electrons. The molecule has 0 saturated carbocycles. The van der Waals surface area contributed by atoms with Gasteiger partial charge >= 0.3 is 6.09 Å². The number of benzene rings is 2. The Labute approximate surface area is 175 Å².